The third-order valence-corrected chi connectivity index (χ3v) is 4.16. The number of imidazole rings is 1. The summed E-state index contributed by atoms with van der Waals surface area (Å²) < 4.78 is 15.6. The number of fused-ring (bicyclic) bond motifs is 1. The Morgan fingerprint density at radius 1 is 1.21 bits per heavy atom. The summed E-state index contributed by atoms with van der Waals surface area (Å²) in [6, 6.07) is 13.1. The van der Waals surface area contributed by atoms with Crippen molar-refractivity contribution >= 4 is 11.7 Å². The van der Waals surface area contributed by atoms with Gasteiger partial charge in [-0.3, -0.25) is 9.36 Å². The van der Waals surface area contributed by atoms with Crippen molar-refractivity contribution in [2.75, 3.05) is 5.32 Å². The van der Waals surface area contributed by atoms with Crippen LogP contribution in [0.5, 0.6) is 5.75 Å². The van der Waals surface area contributed by atoms with Crippen LogP contribution in [0.3, 0.4) is 0 Å². The van der Waals surface area contributed by atoms with Crippen LogP contribution in [0.2, 0.25) is 0 Å². The van der Waals surface area contributed by atoms with Crippen molar-refractivity contribution in [3.63, 3.8) is 0 Å². The van der Waals surface area contributed by atoms with Crippen LogP contribution in [0.4, 0.5) is 10.2 Å². The van der Waals surface area contributed by atoms with E-state index in [0.717, 1.165) is 5.56 Å². The lowest BCUT2D eigenvalue weighted by molar-refractivity contribution is -0.116. The Balaban J connectivity index is 1.85. The second-order valence-electron chi connectivity index (χ2n) is 5.70. The van der Waals surface area contributed by atoms with E-state index in [0.29, 0.717) is 17.2 Å². The third kappa shape index (κ3) is 2.32. The first-order valence-electron chi connectivity index (χ1n) is 7.54. The molecule has 0 saturated carbocycles. The van der Waals surface area contributed by atoms with Crippen molar-refractivity contribution in [3.05, 3.63) is 71.9 Å². The van der Waals surface area contributed by atoms with Crippen LogP contribution in [-0.4, -0.2) is 20.6 Å². The first-order chi connectivity index (χ1) is 11.6. The number of nitrogens with one attached hydrogen (secondary N) is 1. The van der Waals surface area contributed by atoms with E-state index in [4.69, 9.17) is 0 Å². The topological polar surface area (TPSA) is 67.1 Å². The number of hydrogen-bond donors (Lipinski definition) is 2. The molecule has 24 heavy (non-hydrogen) atoms. The number of nitrogens with zero attached hydrogens (tertiary/aromatic N) is 2. The average Bonchev–Trinajstić information content (AvgIpc) is 2.98. The summed E-state index contributed by atoms with van der Waals surface area (Å²) in [5.74, 6) is -0.257. The molecule has 1 atom stereocenters. The standard InChI is InChI=1S/C18H14FN3O2/c19-14-6-1-2-7-15(14)22-10-20-17-13(9-16(24)21-18(17)22)11-4-3-5-12(23)8-11/h1-8,10,13,23H,9H2,(H,21,24)/t13-/m0/s1. The summed E-state index contributed by atoms with van der Waals surface area (Å²) in [5, 5.41) is 12.5. The fourth-order valence-electron chi connectivity index (χ4n) is 3.05. The van der Waals surface area contributed by atoms with Crippen LogP contribution in [-0.2, 0) is 4.79 Å². The predicted molar refractivity (Wildman–Crippen MR) is 86.7 cm³/mol. The number of aromatic hydroxyl groups is 1. The molecule has 0 saturated heterocycles. The van der Waals surface area contributed by atoms with Gasteiger partial charge in [-0.2, -0.15) is 0 Å². The fraction of sp³-hybridized carbons (Fsp3) is 0.111. The molecule has 4 rings (SSSR count). The van der Waals surface area contributed by atoms with Crippen LogP contribution in [0.1, 0.15) is 23.6 Å². The minimum Gasteiger partial charge on any atom is -0.508 e. The monoisotopic (exact) mass is 323 g/mol. The van der Waals surface area contributed by atoms with Crippen molar-refractivity contribution in [3.8, 4) is 11.4 Å². The quantitative estimate of drug-likeness (QED) is 0.761. The third-order valence-electron chi connectivity index (χ3n) is 4.16. The summed E-state index contributed by atoms with van der Waals surface area (Å²) >= 11 is 0. The van der Waals surface area contributed by atoms with Crippen molar-refractivity contribution in [1.29, 1.82) is 0 Å². The average molecular weight is 323 g/mol. The molecule has 3 aromatic rings. The number of aromatic nitrogens is 2. The van der Waals surface area contributed by atoms with E-state index in [-0.39, 0.29) is 24.0 Å². The largest absolute Gasteiger partial charge is 0.508 e. The Hall–Kier alpha value is -3.15. The number of benzene rings is 2. The molecule has 0 aliphatic carbocycles. The maximum absolute atomic E-state index is 14.1. The Morgan fingerprint density at radius 3 is 2.83 bits per heavy atom. The summed E-state index contributed by atoms with van der Waals surface area (Å²) in [7, 11) is 0. The molecule has 0 radical (unpaired) electrons. The van der Waals surface area contributed by atoms with Gasteiger partial charge in [0.05, 0.1) is 11.4 Å². The van der Waals surface area contributed by atoms with Gasteiger partial charge in [0.25, 0.3) is 0 Å². The number of para-hydroxylation sites is 1. The lowest BCUT2D eigenvalue weighted by Crippen LogP contribution is -2.25. The number of carbonyl (C=O) groups is 1. The number of phenolic OH excluding ortho intramolecular Hbond substituents is 1. The van der Waals surface area contributed by atoms with Crippen LogP contribution < -0.4 is 5.32 Å². The van der Waals surface area contributed by atoms with E-state index in [2.05, 4.69) is 10.3 Å². The number of carbonyl (C=O) groups excluding carboxylic acids is 1. The van der Waals surface area contributed by atoms with Crippen molar-refractivity contribution in [2.45, 2.75) is 12.3 Å². The molecule has 2 N–H and O–H groups in total. The Kier molecular flexibility index (Phi) is 3.30. The molecule has 0 bridgehead atoms. The van der Waals surface area contributed by atoms with Crippen molar-refractivity contribution in [2.24, 2.45) is 0 Å². The van der Waals surface area contributed by atoms with E-state index >= 15 is 0 Å². The maximum atomic E-state index is 14.1. The fourth-order valence-corrected chi connectivity index (χ4v) is 3.05. The highest BCUT2D eigenvalue weighted by molar-refractivity contribution is 5.94. The second kappa shape index (κ2) is 5.49. The molecule has 120 valence electrons. The Morgan fingerprint density at radius 2 is 2.04 bits per heavy atom. The zero-order valence-corrected chi connectivity index (χ0v) is 12.6. The molecular formula is C18H14FN3O2. The summed E-state index contributed by atoms with van der Waals surface area (Å²) in [4.78, 5) is 16.5. The highest BCUT2D eigenvalue weighted by Crippen LogP contribution is 2.38. The van der Waals surface area contributed by atoms with Gasteiger partial charge in [0.2, 0.25) is 5.91 Å². The Bertz CT molecular complexity index is 936. The van der Waals surface area contributed by atoms with Crippen molar-refractivity contribution in [1.82, 2.24) is 9.55 Å². The normalized spacial score (nSPS) is 16.5. The lowest BCUT2D eigenvalue weighted by atomic mass is 9.90. The highest BCUT2D eigenvalue weighted by atomic mass is 19.1. The second-order valence-corrected chi connectivity index (χ2v) is 5.70. The van der Waals surface area contributed by atoms with Gasteiger partial charge in [0.15, 0.2) is 0 Å². The molecule has 1 aliphatic rings. The molecule has 2 heterocycles. The summed E-state index contributed by atoms with van der Waals surface area (Å²) in [6.07, 6.45) is 1.73. The van der Waals surface area contributed by atoms with Gasteiger partial charge < -0.3 is 10.4 Å². The Labute approximate surface area is 137 Å². The van der Waals surface area contributed by atoms with Crippen LogP contribution >= 0.6 is 0 Å². The first kappa shape index (κ1) is 14.4. The molecule has 1 aromatic heterocycles. The molecule has 6 heteroatoms. The molecule has 2 aromatic carbocycles. The van der Waals surface area contributed by atoms with Gasteiger partial charge in [-0.15, -0.1) is 0 Å². The van der Waals surface area contributed by atoms with E-state index < -0.39 is 5.82 Å². The SMILES string of the molecule is O=C1C[C@@H](c2cccc(O)c2)c2ncn(-c3ccccc3F)c2N1. The van der Waals surface area contributed by atoms with E-state index in [1.54, 1.807) is 36.4 Å². The molecular weight excluding hydrogens is 309 g/mol. The van der Waals surface area contributed by atoms with Gasteiger partial charge in [0.1, 0.15) is 23.7 Å². The van der Waals surface area contributed by atoms with Gasteiger partial charge >= 0.3 is 0 Å². The smallest absolute Gasteiger partial charge is 0.226 e. The minimum absolute atomic E-state index is 0.133. The predicted octanol–water partition coefficient (Wildman–Crippen LogP) is 3.19. The number of rotatable bonds is 2. The van der Waals surface area contributed by atoms with E-state index in [9.17, 15) is 14.3 Å². The number of anilines is 1. The van der Waals surface area contributed by atoms with E-state index in [1.165, 1.54) is 17.0 Å². The molecule has 5 nitrogen and oxygen atoms in total. The zero-order chi connectivity index (χ0) is 16.7. The number of hydrogen-bond acceptors (Lipinski definition) is 3. The molecule has 0 fully saturated rings. The lowest BCUT2D eigenvalue weighted by Gasteiger charge is -2.23. The molecule has 1 amide bonds. The number of halogens is 1. The number of amides is 1. The van der Waals surface area contributed by atoms with E-state index in [1.807, 2.05) is 6.07 Å². The van der Waals surface area contributed by atoms with Gasteiger partial charge in [-0.1, -0.05) is 24.3 Å². The minimum atomic E-state index is -0.397. The van der Waals surface area contributed by atoms with Gasteiger partial charge in [-0.25, -0.2) is 9.37 Å². The summed E-state index contributed by atoms with van der Waals surface area (Å²) in [5.41, 5.74) is 1.77. The first-order valence-corrected chi connectivity index (χ1v) is 7.54. The molecule has 1 aliphatic heterocycles. The van der Waals surface area contributed by atoms with Crippen LogP contribution in [0, 0.1) is 5.82 Å². The summed E-state index contributed by atoms with van der Waals surface area (Å²) in [6.45, 7) is 0. The maximum Gasteiger partial charge on any atom is 0.226 e. The molecule has 0 spiro atoms. The highest BCUT2D eigenvalue weighted by Gasteiger charge is 2.31. The molecule has 0 unspecified atom stereocenters. The van der Waals surface area contributed by atoms with Crippen LogP contribution in [0.15, 0.2) is 54.9 Å². The van der Waals surface area contributed by atoms with Crippen molar-refractivity contribution < 1.29 is 14.3 Å². The van der Waals surface area contributed by atoms with Gasteiger partial charge in [-0.05, 0) is 29.8 Å². The van der Waals surface area contributed by atoms with Crippen LogP contribution in [0.25, 0.3) is 5.69 Å². The zero-order valence-electron chi connectivity index (χ0n) is 12.6. The number of phenols is 1. The van der Waals surface area contributed by atoms with Gasteiger partial charge in [0, 0.05) is 12.3 Å².